The van der Waals surface area contributed by atoms with Crippen molar-refractivity contribution in [2.24, 2.45) is 5.92 Å². The van der Waals surface area contributed by atoms with Gasteiger partial charge in [0.15, 0.2) is 0 Å². The monoisotopic (exact) mass is 185 g/mol. The van der Waals surface area contributed by atoms with Crippen LogP contribution in [0.2, 0.25) is 0 Å². The van der Waals surface area contributed by atoms with Crippen molar-refractivity contribution < 1.29 is 9.53 Å². The highest BCUT2D eigenvalue weighted by Crippen LogP contribution is 2.33. The molecular formula is C10H19NO2. The van der Waals surface area contributed by atoms with Gasteiger partial charge in [0.25, 0.3) is 0 Å². The van der Waals surface area contributed by atoms with Gasteiger partial charge in [-0.15, -0.1) is 0 Å². The second kappa shape index (κ2) is 4.61. The lowest BCUT2D eigenvalue weighted by molar-refractivity contribution is -0.141. The largest absolute Gasteiger partial charge is 0.469 e. The lowest BCUT2D eigenvalue weighted by atomic mass is 10.2. The Hall–Kier alpha value is -0.570. The maximum absolute atomic E-state index is 10.9. The van der Waals surface area contributed by atoms with Gasteiger partial charge in [0, 0.05) is 12.1 Å². The average molecular weight is 185 g/mol. The fourth-order valence-electron chi connectivity index (χ4n) is 1.66. The summed E-state index contributed by atoms with van der Waals surface area (Å²) >= 11 is 0. The Morgan fingerprint density at radius 1 is 1.69 bits per heavy atom. The van der Waals surface area contributed by atoms with Crippen molar-refractivity contribution in [3.8, 4) is 0 Å². The number of carbonyl (C=O) groups is 1. The molecule has 0 radical (unpaired) electrons. The van der Waals surface area contributed by atoms with Crippen molar-refractivity contribution in [2.75, 3.05) is 7.11 Å². The standard InChI is InChI=1S/C10H19NO2/c1-4-8-6-9(8)11-7(2)5-10(12)13-3/h7-9,11H,4-6H2,1-3H3. The van der Waals surface area contributed by atoms with E-state index in [4.69, 9.17) is 0 Å². The lowest BCUT2D eigenvalue weighted by Crippen LogP contribution is -2.31. The number of hydrogen-bond donors (Lipinski definition) is 1. The molecule has 3 atom stereocenters. The Balaban J connectivity index is 2.12. The van der Waals surface area contributed by atoms with E-state index in [1.54, 1.807) is 0 Å². The zero-order chi connectivity index (χ0) is 9.84. The molecule has 0 bridgehead atoms. The van der Waals surface area contributed by atoms with E-state index in [1.807, 2.05) is 6.92 Å². The van der Waals surface area contributed by atoms with E-state index < -0.39 is 0 Å². The summed E-state index contributed by atoms with van der Waals surface area (Å²) in [7, 11) is 1.43. The van der Waals surface area contributed by atoms with Gasteiger partial charge < -0.3 is 10.1 Å². The van der Waals surface area contributed by atoms with Crippen LogP contribution in [0.15, 0.2) is 0 Å². The topological polar surface area (TPSA) is 38.3 Å². The number of rotatable bonds is 5. The van der Waals surface area contributed by atoms with Gasteiger partial charge in [-0.3, -0.25) is 4.79 Å². The van der Waals surface area contributed by atoms with Crippen LogP contribution in [0.4, 0.5) is 0 Å². The molecule has 0 aromatic heterocycles. The molecule has 0 aromatic carbocycles. The van der Waals surface area contributed by atoms with Crippen molar-refractivity contribution in [3.63, 3.8) is 0 Å². The molecule has 3 unspecified atom stereocenters. The normalized spacial score (nSPS) is 28.2. The Morgan fingerprint density at radius 3 is 2.85 bits per heavy atom. The summed E-state index contributed by atoms with van der Waals surface area (Å²) in [6.07, 6.45) is 2.98. The van der Waals surface area contributed by atoms with E-state index in [2.05, 4.69) is 17.0 Å². The molecule has 1 fully saturated rings. The molecule has 0 spiro atoms. The number of esters is 1. The molecule has 1 N–H and O–H groups in total. The van der Waals surface area contributed by atoms with Gasteiger partial charge in [0.05, 0.1) is 13.5 Å². The molecule has 76 valence electrons. The summed E-state index contributed by atoms with van der Waals surface area (Å²) in [4.78, 5) is 10.9. The van der Waals surface area contributed by atoms with Crippen molar-refractivity contribution in [1.29, 1.82) is 0 Å². The molecule has 1 saturated carbocycles. The van der Waals surface area contributed by atoms with Gasteiger partial charge in [-0.1, -0.05) is 13.3 Å². The highest BCUT2D eigenvalue weighted by Gasteiger charge is 2.35. The van der Waals surface area contributed by atoms with Crippen molar-refractivity contribution in [1.82, 2.24) is 5.32 Å². The first-order valence-electron chi connectivity index (χ1n) is 5.00. The zero-order valence-electron chi connectivity index (χ0n) is 8.67. The van der Waals surface area contributed by atoms with Gasteiger partial charge in [0.2, 0.25) is 0 Å². The highest BCUT2D eigenvalue weighted by molar-refractivity contribution is 5.69. The van der Waals surface area contributed by atoms with Crippen LogP contribution < -0.4 is 5.32 Å². The third-order valence-corrected chi connectivity index (χ3v) is 2.65. The smallest absolute Gasteiger partial charge is 0.307 e. The predicted molar refractivity (Wildman–Crippen MR) is 51.4 cm³/mol. The maximum Gasteiger partial charge on any atom is 0.307 e. The first kappa shape index (κ1) is 10.5. The number of nitrogens with one attached hydrogen (secondary N) is 1. The lowest BCUT2D eigenvalue weighted by Gasteiger charge is -2.11. The van der Waals surface area contributed by atoms with E-state index in [9.17, 15) is 4.79 Å². The predicted octanol–water partition coefficient (Wildman–Crippen LogP) is 1.33. The zero-order valence-corrected chi connectivity index (χ0v) is 8.67. The second-order valence-corrected chi connectivity index (χ2v) is 3.86. The van der Waals surface area contributed by atoms with Crippen LogP contribution in [0.3, 0.4) is 0 Å². The van der Waals surface area contributed by atoms with Gasteiger partial charge in [-0.05, 0) is 19.3 Å². The van der Waals surface area contributed by atoms with E-state index in [-0.39, 0.29) is 12.0 Å². The number of ether oxygens (including phenoxy) is 1. The number of carbonyl (C=O) groups excluding carboxylic acids is 1. The van der Waals surface area contributed by atoms with Gasteiger partial charge in [-0.25, -0.2) is 0 Å². The van der Waals surface area contributed by atoms with Crippen LogP contribution in [0.1, 0.15) is 33.1 Å². The molecule has 0 aliphatic heterocycles. The first-order valence-corrected chi connectivity index (χ1v) is 5.00. The first-order chi connectivity index (χ1) is 6.17. The van der Waals surface area contributed by atoms with Crippen LogP contribution in [0.5, 0.6) is 0 Å². The average Bonchev–Trinajstić information content (AvgIpc) is 2.82. The third kappa shape index (κ3) is 3.35. The summed E-state index contributed by atoms with van der Waals surface area (Å²) < 4.78 is 4.60. The fraction of sp³-hybridized carbons (Fsp3) is 0.900. The Labute approximate surface area is 79.8 Å². The SMILES string of the molecule is CCC1CC1NC(C)CC(=O)OC. The van der Waals surface area contributed by atoms with E-state index in [0.29, 0.717) is 12.5 Å². The van der Waals surface area contributed by atoms with Crippen LogP contribution in [-0.4, -0.2) is 25.2 Å². The Morgan fingerprint density at radius 2 is 2.38 bits per heavy atom. The van der Waals surface area contributed by atoms with Crippen LogP contribution >= 0.6 is 0 Å². The summed E-state index contributed by atoms with van der Waals surface area (Å²) in [6.45, 7) is 4.24. The summed E-state index contributed by atoms with van der Waals surface area (Å²) in [5, 5.41) is 3.42. The van der Waals surface area contributed by atoms with Crippen LogP contribution in [0.25, 0.3) is 0 Å². The second-order valence-electron chi connectivity index (χ2n) is 3.86. The minimum Gasteiger partial charge on any atom is -0.469 e. The summed E-state index contributed by atoms with van der Waals surface area (Å²) in [5.74, 6) is 0.703. The molecule has 1 rings (SSSR count). The van der Waals surface area contributed by atoms with E-state index in [0.717, 1.165) is 5.92 Å². The number of methoxy groups -OCH3 is 1. The molecule has 0 amide bonds. The van der Waals surface area contributed by atoms with E-state index in [1.165, 1.54) is 20.0 Å². The van der Waals surface area contributed by atoms with Gasteiger partial charge in [0.1, 0.15) is 0 Å². The molecule has 1 aliphatic carbocycles. The highest BCUT2D eigenvalue weighted by atomic mass is 16.5. The van der Waals surface area contributed by atoms with Crippen LogP contribution in [-0.2, 0) is 9.53 Å². The van der Waals surface area contributed by atoms with Crippen molar-refractivity contribution >= 4 is 5.97 Å². The number of hydrogen-bond acceptors (Lipinski definition) is 3. The molecule has 1 aliphatic rings. The minimum absolute atomic E-state index is 0.131. The Bertz CT molecular complexity index is 182. The van der Waals surface area contributed by atoms with Crippen LogP contribution in [0, 0.1) is 5.92 Å². The molecule has 0 aromatic rings. The molecule has 0 heterocycles. The van der Waals surface area contributed by atoms with Crippen molar-refractivity contribution in [3.05, 3.63) is 0 Å². The minimum atomic E-state index is -0.131. The van der Waals surface area contributed by atoms with E-state index >= 15 is 0 Å². The summed E-state index contributed by atoms with van der Waals surface area (Å²) in [5.41, 5.74) is 0. The van der Waals surface area contributed by atoms with Gasteiger partial charge in [-0.2, -0.15) is 0 Å². The summed E-state index contributed by atoms with van der Waals surface area (Å²) in [6, 6.07) is 0.888. The third-order valence-electron chi connectivity index (χ3n) is 2.65. The fourth-order valence-corrected chi connectivity index (χ4v) is 1.66. The molecule has 13 heavy (non-hydrogen) atoms. The molecule has 0 saturated heterocycles. The molecule has 3 nitrogen and oxygen atoms in total. The van der Waals surface area contributed by atoms with Gasteiger partial charge >= 0.3 is 5.97 Å². The maximum atomic E-state index is 10.9. The Kier molecular flexibility index (Phi) is 3.72. The molecule has 3 heteroatoms. The molecular weight excluding hydrogens is 166 g/mol. The quantitative estimate of drug-likeness (QED) is 0.657. The van der Waals surface area contributed by atoms with Crippen molar-refractivity contribution in [2.45, 2.75) is 45.2 Å².